The lowest BCUT2D eigenvalue weighted by atomic mass is 10.2. The molecular weight excluding hydrogens is 383 g/mol. The standard InChI is InChI=1S/C17H16F3N3O3S/c18-17(19,20)10-26-13-5-2-1-4-12(13)22-14(24)8-11-9-27-16(21-11)23-7-3-6-15(23)25/h1-2,4-5,9H,3,6-8,10H2,(H,22,24). The van der Waals surface area contributed by atoms with Gasteiger partial charge in [-0.3, -0.25) is 14.5 Å². The maximum absolute atomic E-state index is 12.3. The van der Waals surface area contributed by atoms with Crippen molar-refractivity contribution < 1.29 is 27.5 Å². The van der Waals surface area contributed by atoms with Crippen LogP contribution in [-0.2, 0) is 16.0 Å². The van der Waals surface area contributed by atoms with Crippen molar-refractivity contribution in [1.29, 1.82) is 0 Å². The Balaban J connectivity index is 1.61. The largest absolute Gasteiger partial charge is 0.482 e. The predicted octanol–water partition coefficient (Wildman–Crippen LogP) is 3.39. The summed E-state index contributed by atoms with van der Waals surface area (Å²) in [5, 5.41) is 4.77. The molecule has 0 spiro atoms. The number of ether oxygens (including phenoxy) is 1. The van der Waals surface area contributed by atoms with E-state index in [2.05, 4.69) is 10.3 Å². The molecule has 1 aliphatic rings. The molecule has 1 saturated heterocycles. The first-order valence-electron chi connectivity index (χ1n) is 8.15. The van der Waals surface area contributed by atoms with Crippen LogP contribution in [0, 0.1) is 0 Å². The second-order valence-electron chi connectivity index (χ2n) is 5.90. The summed E-state index contributed by atoms with van der Waals surface area (Å²) in [4.78, 5) is 29.8. The minimum atomic E-state index is -4.47. The van der Waals surface area contributed by atoms with Gasteiger partial charge < -0.3 is 10.1 Å². The average molecular weight is 399 g/mol. The molecule has 0 radical (unpaired) electrons. The van der Waals surface area contributed by atoms with Crippen LogP contribution in [0.3, 0.4) is 0 Å². The minimum absolute atomic E-state index is 0.0103. The fourth-order valence-corrected chi connectivity index (χ4v) is 3.43. The molecule has 0 saturated carbocycles. The number of rotatable bonds is 6. The lowest BCUT2D eigenvalue weighted by molar-refractivity contribution is -0.153. The highest BCUT2D eigenvalue weighted by molar-refractivity contribution is 7.14. The highest BCUT2D eigenvalue weighted by atomic mass is 32.1. The summed E-state index contributed by atoms with van der Waals surface area (Å²) in [6.07, 6.45) is -3.26. The smallest absolute Gasteiger partial charge is 0.422 e. The first-order valence-corrected chi connectivity index (χ1v) is 9.03. The van der Waals surface area contributed by atoms with Gasteiger partial charge in [0.1, 0.15) is 5.75 Å². The molecule has 27 heavy (non-hydrogen) atoms. The van der Waals surface area contributed by atoms with E-state index in [1.807, 2.05) is 0 Å². The number of benzene rings is 1. The van der Waals surface area contributed by atoms with Gasteiger partial charge in [-0.25, -0.2) is 4.98 Å². The van der Waals surface area contributed by atoms with Crippen LogP contribution in [0.5, 0.6) is 5.75 Å². The number of amides is 2. The number of hydrogen-bond donors (Lipinski definition) is 1. The number of carbonyl (C=O) groups is 2. The summed E-state index contributed by atoms with van der Waals surface area (Å²) in [6, 6.07) is 5.90. The molecule has 2 aromatic rings. The molecule has 0 aliphatic carbocycles. The van der Waals surface area contributed by atoms with E-state index in [-0.39, 0.29) is 23.8 Å². The normalized spacial score (nSPS) is 14.5. The van der Waals surface area contributed by atoms with Gasteiger partial charge in [-0.05, 0) is 18.6 Å². The number of aromatic nitrogens is 1. The van der Waals surface area contributed by atoms with Gasteiger partial charge in [0.2, 0.25) is 11.8 Å². The van der Waals surface area contributed by atoms with Crippen molar-refractivity contribution in [3.05, 3.63) is 35.3 Å². The van der Waals surface area contributed by atoms with Gasteiger partial charge in [0, 0.05) is 18.3 Å². The van der Waals surface area contributed by atoms with Crippen LogP contribution in [0.15, 0.2) is 29.6 Å². The van der Waals surface area contributed by atoms with E-state index in [1.54, 1.807) is 16.3 Å². The summed E-state index contributed by atoms with van der Waals surface area (Å²) in [6.45, 7) is -0.832. The zero-order chi connectivity index (χ0) is 19.4. The Kier molecular flexibility index (Phi) is 5.64. The third kappa shape index (κ3) is 5.19. The molecule has 1 fully saturated rings. The molecule has 1 aromatic carbocycles. The quantitative estimate of drug-likeness (QED) is 0.808. The van der Waals surface area contributed by atoms with E-state index in [1.165, 1.54) is 29.5 Å². The second kappa shape index (κ2) is 7.95. The Labute approximate surface area is 157 Å². The van der Waals surface area contributed by atoms with Crippen LogP contribution >= 0.6 is 11.3 Å². The molecule has 144 valence electrons. The fraction of sp³-hybridized carbons (Fsp3) is 0.353. The summed E-state index contributed by atoms with van der Waals surface area (Å²) in [5.41, 5.74) is 0.637. The van der Waals surface area contributed by atoms with E-state index in [0.29, 0.717) is 23.8 Å². The van der Waals surface area contributed by atoms with E-state index in [9.17, 15) is 22.8 Å². The van der Waals surface area contributed by atoms with Gasteiger partial charge in [-0.2, -0.15) is 13.2 Å². The van der Waals surface area contributed by atoms with Crippen molar-refractivity contribution in [1.82, 2.24) is 4.98 Å². The first kappa shape index (κ1) is 19.2. The number of hydrogen-bond acceptors (Lipinski definition) is 5. The second-order valence-corrected chi connectivity index (χ2v) is 6.73. The minimum Gasteiger partial charge on any atom is -0.482 e. The van der Waals surface area contributed by atoms with Crippen molar-refractivity contribution in [2.45, 2.75) is 25.4 Å². The van der Waals surface area contributed by atoms with Crippen molar-refractivity contribution in [3.8, 4) is 5.75 Å². The SMILES string of the molecule is O=C(Cc1csc(N2CCCC2=O)n1)Nc1ccccc1OCC(F)(F)F. The molecule has 1 N–H and O–H groups in total. The molecule has 0 atom stereocenters. The zero-order valence-electron chi connectivity index (χ0n) is 14.1. The maximum atomic E-state index is 12.3. The van der Waals surface area contributed by atoms with Crippen LogP contribution in [0.1, 0.15) is 18.5 Å². The van der Waals surface area contributed by atoms with Crippen molar-refractivity contribution in [3.63, 3.8) is 0 Å². The number of halogens is 3. The van der Waals surface area contributed by atoms with E-state index >= 15 is 0 Å². The lowest BCUT2D eigenvalue weighted by Gasteiger charge is -2.13. The zero-order valence-corrected chi connectivity index (χ0v) is 14.9. The summed E-state index contributed by atoms with van der Waals surface area (Å²) < 4.78 is 41.7. The molecule has 2 amide bonds. The highest BCUT2D eigenvalue weighted by Gasteiger charge is 2.29. The van der Waals surface area contributed by atoms with Crippen LogP contribution in [0.4, 0.5) is 24.0 Å². The number of alkyl halides is 3. The fourth-order valence-electron chi connectivity index (χ4n) is 2.57. The van der Waals surface area contributed by atoms with Crippen molar-refractivity contribution >= 4 is 34.0 Å². The van der Waals surface area contributed by atoms with Gasteiger partial charge in [0.15, 0.2) is 11.7 Å². The molecule has 6 nitrogen and oxygen atoms in total. The van der Waals surface area contributed by atoms with Crippen molar-refractivity contribution in [2.24, 2.45) is 0 Å². The number of nitrogens with one attached hydrogen (secondary N) is 1. The van der Waals surface area contributed by atoms with Crippen LogP contribution in [-0.4, -0.2) is 36.1 Å². The molecule has 1 aliphatic heterocycles. The predicted molar refractivity (Wildman–Crippen MR) is 94.0 cm³/mol. The van der Waals surface area contributed by atoms with Gasteiger partial charge in [-0.15, -0.1) is 11.3 Å². The van der Waals surface area contributed by atoms with Gasteiger partial charge in [0.25, 0.3) is 0 Å². The third-order valence-corrected chi connectivity index (χ3v) is 4.65. The Morgan fingerprint density at radius 1 is 1.33 bits per heavy atom. The molecule has 3 rings (SSSR count). The van der Waals surface area contributed by atoms with Gasteiger partial charge in [0.05, 0.1) is 17.8 Å². The summed E-state index contributed by atoms with van der Waals surface area (Å²) in [7, 11) is 0. The summed E-state index contributed by atoms with van der Waals surface area (Å²) >= 11 is 1.28. The number of nitrogens with zero attached hydrogens (tertiary/aromatic N) is 2. The Bertz CT molecular complexity index is 838. The molecule has 10 heteroatoms. The van der Waals surface area contributed by atoms with Crippen LogP contribution in [0.2, 0.25) is 0 Å². The van der Waals surface area contributed by atoms with Crippen molar-refractivity contribution in [2.75, 3.05) is 23.4 Å². The van der Waals surface area contributed by atoms with E-state index in [0.717, 1.165) is 6.42 Å². The summed E-state index contributed by atoms with van der Waals surface area (Å²) in [5.74, 6) is -0.497. The van der Waals surface area contributed by atoms with Gasteiger partial charge >= 0.3 is 6.18 Å². The number of thiazole rings is 1. The Hall–Kier alpha value is -2.62. The number of para-hydroxylation sites is 2. The van der Waals surface area contributed by atoms with Crippen LogP contribution in [0.25, 0.3) is 0 Å². The molecular formula is C17H16F3N3O3S. The number of carbonyl (C=O) groups excluding carboxylic acids is 2. The number of anilines is 2. The van der Waals surface area contributed by atoms with E-state index < -0.39 is 18.7 Å². The topological polar surface area (TPSA) is 71.5 Å². The maximum Gasteiger partial charge on any atom is 0.422 e. The molecule has 1 aromatic heterocycles. The molecule has 2 heterocycles. The monoisotopic (exact) mass is 399 g/mol. The highest BCUT2D eigenvalue weighted by Crippen LogP contribution is 2.28. The lowest BCUT2D eigenvalue weighted by Crippen LogP contribution is -2.23. The molecule has 0 bridgehead atoms. The van der Waals surface area contributed by atoms with Crippen LogP contribution < -0.4 is 15.0 Å². The Morgan fingerprint density at radius 2 is 2.11 bits per heavy atom. The Morgan fingerprint density at radius 3 is 2.81 bits per heavy atom. The third-order valence-electron chi connectivity index (χ3n) is 3.74. The van der Waals surface area contributed by atoms with E-state index in [4.69, 9.17) is 4.74 Å². The van der Waals surface area contributed by atoms with Gasteiger partial charge in [-0.1, -0.05) is 12.1 Å². The first-order chi connectivity index (χ1) is 12.8. The average Bonchev–Trinajstić information content (AvgIpc) is 3.22. The molecule has 0 unspecified atom stereocenters.